The van der Waals surface area contributed by atoms with Crippen LogP contribution in [0.25, 0.3) is 0 Å². The average molecular weight is 318 g/mol. The first-order valence-corrected chi connectivity index (χ1v) is 7.31. The number of aliphatic hydroxyl groups excluding tert-OH is 1. The van der Waals surface area contributed by atoms with Crippen LogP contribution in [0.5, 0.6) is 0 Å². The third-order valence-corrected chi connectivity index (χ3v) is 4.92. The second kappa shape index (κ2) is 4.71. The molecule has 3 nitrogen and oxygen atoms in total. The summed E-state index contributed by atoms with van der Waals surface area (Å²) in [5.41, 5.74) is -0.174. The van der Waals surface area contributed by atoms with Crippen LogP contribution in [0.15, 0.2) is 15.9 Å². The predicted molar refractivity (Wildman–Crippen MR) is 72.4 cm³/mol. The van der Waals surface area contributed by atoms with E-state index in [0.717, 1.165) is 22.2 Å². The van der Waals surface area contributed by atoms with E-state index < -0.39 is 6.10 Å². The topological polar surface area (TPSA) is 40.5 Å². The van der Waals surface area contributed by atoms with Gasteiger partial charge in [0.2, 0.25) is 0 Å². The van der Waals surface area contributed by atoms with Gasteiger partial charge >= 0.3 is 0 Å². The highest BCUT2D eigenvalue weighted by molar-refractivity contribution is 9.10. The van der Waals surface area contributed by atoms with E-state index in [0.29, 0.717) is 6.54 Å². The minimum absolute atomic E-state index is 0.0180. The highest BCUT2D eigenvalue weighted by atomic mass is 79.9. The molecule has 0 spiro atoms. The molecule has 0 saturated carbocycles. The summed E-state index contributed by atoms with van der Waals surface area (Å²) in [4.78, 5) is 14.9. The summed E-state index contributed by atoms with van der Waals surface area (Å²) in [6.07, 6.45) is 1.22. The van der Waals surface area contributed by atoms with Crippen LogP contribution >= 0.6 is 27.3 Å². The number of carbonyl (C=O) groups is 1. The number of aliphatic hydroxyl groups is 1. The molecule has 1 fully saturated rings. The van der Waals surface area contributed by atoms with Gasteiger partial charge in [-0.2, -0.15) is 0 Å². The second-order valence-corrected chi connectivity index (χ2v) is 6.88. The Labute approximate surface area is 114 Å². The lowest BCUT2D eigenvalue weighted by atomic mass is 9.89. The number of halogens is 1. The lowest BCUT2D eigenvalue weighted by Gasteiger charge is -2.44. The molecule has 17 heavy (non-hydrogen) atoms. The molecule has 1 saturated heterocycles. The van der Waals surface area contributed by atoms with Gasteiger partial charge in [0.05, 0.1) is 11.0 Å². The maximum Gasteiger partial charge on any atom is 0.264 e. The largest absolute Gasteiger partial charge is 0.391 e. The van der Waals surface area contributed by atoms with Crippen molar-refractivity contribution in [2.24, 2.45) is 0 Å². The summed E-state index contributed by atoms with van der Waals surface area (Å²) in [5.74, 6) is 0.0180. The molecule has 1 N–H and O–H groups in total. The average Bonchev–Trinajstić information content (AvgIpc) is 2.68. The predicted octanol–water partition coefficient (Wildman–Crippen LogP) is 2.89. The number of hydrogen-bond acceptors (Lipinski definition) is 3. The van der Waals surface area contributed by atoms with Crippen LogP contribution < -0.4 is 0 Å². The van der Waals surface area contributed by atoms with Crippen molar-refractivity contribution in [3.05, 3.63) is 20.8 Å². The number of nitrogens with zero attached hydrogens (tertiary/aromatic N) is 1. The summed E-state index contributed by atoms with van der Waals surface area (Å²) in [5, 5.41) is 11.6. The van der Waals surface area contributed by atoms with E-state index in [1.54, 1.807) is 4.90 Å². The Bertz CT molecular complexity index is 430. The summed E-state index contributed by atoms with van der Waals surface area (Å²) in [6.45, 7) is 4.54. The van der Waals surface area contributed by atoms with Crippen molar-refractivity contribution in [2.75, 3.05) is 6.54 Å². The van der Waals surface area contributed by atoms with Gasteiger partial charge in [0.1, 0.15) is 0 Å². The maximum atomic E-state index is 12.4. The lowest BCUT2D eigenvalue weighted by Crippen LogP contribution is -2.54. The SMILES string of the molecule is CC1(C)CCC(O)CN1C(=O)c1cc(Br)cs1. The van der Waals surface area contributed by atoms with Gasteiger partial charge < -0.3 is 10.0 Å². The quantitative estimate of drug-likeness (QED) is 0.865. The van der Waals surface area contributed by atoms with Crippen LogP contribution in [0.3, 0.4) is 0 Å². The van der Waals surface area contributed by atoms with Crippen molar-refractivity contribution in [1.29, 1.82) is 0 Å². The molecule has 0 aromatic carbocycles. The molecule has 2 rings (SSSR count). The zero-order valence-electron chi connectivity index (χ0n) is 9.94. The Morgan fingerprint density at radius 2 is 2.35 bits per heavy atom. The van der Waals surface area contributed by atoms with Crippen LogP contribution in [0.2, 0.25) is 0 Å². The summed E-state index contributed by atoms with van der Waals surface area (Å²) < 4.78 is 0.932. The Kier molecular flexibility index (Phi) is 3.61. The third-order valence-electron chi connectivity index (χ3n) is 3.24. The molecule has 5 heteroatoms. The van der Waals surface area contributed by atoms with Gasteiger partial charge in [-0.3, -0.25) is 4.79 Å². The van der Waals surface area contributed by atoms with Crippen molar-refractivity contribution in [1.82, 2.24) is 4.90 Å². The molecule has 1 unspecified atom stereocenters. The fraction of sp³-hybridized carbons (Fsp3) is 0.583. The van der Waals surface area contributed by atoms with E-state index in [1.807, 2.05) is 11.4 Å². The van der Waals surface area contributed by atoms with E-state index in [4.69, 9.17) is 0 Å². The summed E-state index contributed by atoms with van der Waals surface area (Å²) in [7, 11) is 0. The van der Waals surface area contributed by atoms with Crippen LogP contribution in [-0.4, -0.2) is 34.1 Å². The number of thiophene rings is 1. The van der Waals surface area contributed by atoms with E-state index in [9.17, 15) is 9.90 Å². The van der Waals surface area contributed by atoms with Gasteiger partial charge in [-0.05, 0) is 48.7 Å². The first kappa shape index (κ1) is 13.1. The van der Waals surface area contributed by atoms with Crippen LogP contribution in [0, 0.1) is 0 Å². The van der Waals surface area contributed by atoms with Gasteiger partial charge in [-0.25, -0.2) is 0 Å². The van der Waals surface area contributed by atoms with Crippen molar-refractivity contribution in [3.8, 4) is 0 Å². The number of amides is 1. The molecular formula is C12H16BrNO2S. The molecule has 0 radical (unpaired) electrons. The summed E-state index contributed by atoms with van der Waals surface area (Å²) in [6, 6.07) is 1.84. The number of hydrogen-bond donors (Lipinski definition) is 1. The van der Waals surface area contributed by atoms with Gasteiger partial charge in [0.25, 0.3) is 5.91 Å². The molecule has 1 aliphatic rings. The molecule has 1 aromatic rings. The number of rotatable bonds is 1. The Morgan fingerprint density at radius 1 is 1.65 bits per heavy atom. The van der Waals surface area contributed by atoms with E-state index in [-0.39, 0.29) is 11.4 Å². The highest BCUT2D eigenvalue weighted by Crippen LogP contribution is 2.31. The lowest BCUT2D eigenvalue weighted by molar-refractivity contribution is 0.00187. The van der Waals surface area contributed by atoms with Crippen molar-refractivity contribution < 1.29 is 9.90 Å². The van der Waals surface area contributed by atoms with Crippen molar-refractivity contribution >= 4 is 33.2 Å². The molecule has 2 heterocycles. The minimum atomic E-state index is -0.393. The fourth-order valence-electron chi connectivity index (χ4n) is 2.12. The molecule has 1 amide bonds. The summed E-state index contributed by atoms with van der Waals surface area (Å²) >= 11 is 4.79. The molecule has 1 aromatic heterocycles. The van der Waals surface area contributed by atoms with E-state index in [1.165, 1.54) is 11.3 Å². The zero-order valence-corrected chi connectivity index (χ0v) is 12.3. The smallest absolute Gasteiger partial charge is 0.264 e. The fourth-order valence-corrected chi connectivity index (χ4v) is 3.49. The maximum absolute atomic E-state index is 12.4. The number of β-amino-alcohol motifs (C(OH)–C–C–N with tert-alkyl or cyclic N) is 1. The van der Waals surface area contributed by atoms with Crippen LogP contribution in [0.1, 0.15) is 36.4 Å². The van der Waals surface area contributed by atoms with Gasteiger partial charge in [0.15, 0.2) is 0 Å². The zero-order chi connectivity index (χ0) is 12.6. The van der Waals surface area contributed by atoms with E-state index >= 15 is 0 Å². The molecule has 1 aliphatic heterocycles. The molecule has 94 valence electrons. The first-order chi connectivity index (χ1) is 7.90. The van der Waals surface area contributed by atoms with Gasteiger partial charge in [-0.1, -0.05) is 0 Å². The van der Waals surface area contributed by atoms with E-state index in [2.05, 4.69) is 29.8 Å². The first-order valence-electron chi connectivity index (χ1n) is 5.64. The number of piperidine rings is 1. The molecule has 1 atom stereocenters. The van der Waals surface area contributed by atoms with Crippen LogP contribution in [-0.2, 0) is 0 Å². The standard InChI is InChI=1S/C12H16BrNO2S/c1-12(2)4-3-9(15)6-14(12)11(16)10-5-8(13)7-17-10/h5,7,9,15H,3-4,6H2,1-2H3. The van der Waals surface area contributed by atoms with Crippen LogP contribution in [0.4, 0.5) is 0 Å². The Morgan fingerprint density at radius 3 is 2.94 bits per heavy atom. The molecule has 0 aliphatic carbocycles. The Hall–Kier alpha value is -0.390. The minimum Gasteiger partial charge on any atom is -0.391 e. The van der Waals surface area contributed by atoms with Gasteiger partial charge in [-0.15, -0.1) is 11.3 Å². The monoisotopic (exact) mass is 317 g/mol. The van der Waals surface area contributed by atoms with Crippen molar-refractivity contribution in [2.45, 2.75) is 38.3 Å². The number of likely N-dealkylation sites (tertiary alicyclic amines) is 1. The van der Waals surface area contributed by atoms with Crippen molar-refractivity contribution in [3.63, 3.8) is 0 Å². The Balaban J connectivity index is 2.22. The van der Waals surface area contributed by atoms with Gasteiger partial charge in [0, 0.05) is 21.9 Å². The molecular weight excluding hydrogens is 302 g/mol. The second-order valence-electron chi connectivity index (χ2n) is 5.05. The molecule has 0 bridgehead atoms. The normalized spacial score (nSPS) is 23.8. The highest BCUT2D eigenvalue weighted by Gasteiger charge is 2.37. The third kappa shape index (κ3) is 2.72. The number of carbonyl (C=O) groups excluding carboxylic acids is 1.